The number of aromatic nitrogens is 3. The number of carboxylic acids is 1. The van der Waals surface area contributed by atoms with Crippen LogP contribution in [-0.4, -0.2) is 33.0 Å². The van der Waals surface area contributed by atoms with Gasteiger partial charge in [-0.2, -0.15) is 10.4 Å². The molecule has 3 rings (SSSR count). The summed E-state index contributed by atoms with van der Waals surface area (Å²) >= 11 is 0. The van der Waals surface area contributed by atoms with Gasteiger partial charge in [-0.15, -0.1) is 0 Å². The smallest absolute Gasteiger partial charge is 0.354 e. The fourth-order valence-electron chi connectivity index (χ4n) is 2.77. The number of aromatic carboxylic acids is 1. The van der Waals surface area contributed by atoms with Gasteiger partial charge in [0.05, 0.1) is 31.8 Å². The van der Waals surface area contributed by atoms with E-state index in [1.807, 2.05) is 31.2 Å². The van der Waals surface area contributed by atoms with Crippen LogP contribution in [0.3, 0.4) is 0 Å². The number of ether oxygens (including phenoxy) is 1. The van der Waals surface area contributed by atoms with Crippen LogP contribution in [0.4, 0.5) is 0 Å². The molecule has 0 aliphatic heterocycles. The average molecular weight is 336 g/mol. The molecule has 126 valence electrons. The van der Waals surface area contributed by atoms with Gasteiger partial charge < -0.3 is 9.84 Å². The Bertz CT molecular complexity index is 984. The van der Waals surface area contributed by atoms with Gasteiger partial charge in [-0.1, -0.05) is 12.1 Å². The zero-order chi connectivity index (χ0) is 18.0. The second-order valence-corrected chi connectivity index (χ2v) is 5.50. The average Bonchev–Trinajstić information content (AvgIpc) is 2.95. The van der Waals surface area contributed by atoms with Crippen LogP contribution in [0.1, 0.15) is 22.6 Å². The molecule has 7 nitrogen and oxygen atoms in total. The molecular formula is C18H16N4O3. The first kappa shape index (κ1) is 16.5. The number of hydrogen-bond donors (Lipinski definition) is 1. The van der Waals surface area contributed by atoms with Crippen LogP contribution in [0.15, 0.2) is 30.3 Å². The Balaban J connectivity index is 2.26. The topological polar surface area (TPSA) is 101 Å². The molecule has 0 unspecified atom stereocenters. The molecule has 0 fully saturated rings. The van der Waals surface area contributed by atoms with Gasteiger partial charge in [0.25, 0.3) is 0 Å². The summed E-state index contributed by atoms with van der Waals surface area (Å²) in [7, 11) is 1.59. The molecule has 2 aromatic heterocycles. The van der Waals surface area contributed by atoms with Gasteiger partial charge in [0.15, 0.2) is 11.3 Å². The molecule has 0 saturated carbocycles. The maximum atomic E-state index is 11.5. The lowest BCUT2D eigenvalue weighted by Crippen LogP contribution is -2.05. The second-order valence-electron chi connectivity index (χ2n) is 5.50. The van der Waals surface area contributed by atoms with E-state index in [2.05, 4.69) is 16.2 Å². The number of hydrogen-bond acceptors (Lipinski definition) is 5. The number of aryl methyl sites for hydroxylation is 2. The minimum Gasteiger partial charge on any atom is -0.497 e. The molecule has 0 amide bonds. The number of nitrogens with zero attached hydrogens (tertiary/aromatic N) is 4. The Kier molecular flexibility index (Phi) is 4.35. The standard InChI is InChI=1S/C18H16N4O3/c1-11-16-14(12-4-6-13(25-2)7-5-12)10-15(18(23)24)20-17(16)22(21-11)9-3-8-19/h4-7,10H,3,9H2,1-2H3,(H,23,24). The highest BCUT2D eigenvalue weighted by molar-refractivity contribution is 5.99. The Morgan fingerprint density at radius 1 is 1.36 bits per heavy atom. The van der Waals surface area contributed by atoms with Crippen molar-refractivity contribution in [3.63, 3.8) is 0 Å². The molecule has 0 saturated heterocycles. The van der Waals surface area contributed by atoms with E-state index in [-0.39, 0.29) is 12.1 Å². The molecule has 0 aliphatic rings. The molecular weight excluding hydrogens is 320 g/mol. The quantitative estimate of drug-likeness (QED) is 0.768. The second kappa shape index (κ2) is 6.61. The fraction of sp³-hybridized carbons (Fsp3) is 0.222. The Hall–Kier alpha value is -3.40. The van der Waals surface area contributed by atoms with Crippen LogP contribution in [0.5, 0.6) is 5.75 Å². The van der Waals surface area contributed by atoms with Gasteiger partial charge in [-0.25, -0.2) is 14.5 Å². The van der Waals surface area contributed by atoms with E-state index in [9.17, 15) is 9.90 Å². The maximum absolute atomic E-state index is 11.5. The van der Waals surface area contributed by atoms with Crippen LogP contribution in [0, 0.1) is 18.3 Å². The Morgan fingerprint density at radius 2 is 2.08 bits per heavy atom. The summed E-state index contributed by atoms with van der Waals surface area (Å²) in [6, 6.07) is 11.0. The molecule has 1 aromatic carbocycles. The molecule has 0 atom stereocenters. The zero-order valence-electron chi connectivity index (χ0n) is 13.9. The molecule has 3 aromatic rings. The predicted molar refractivity (Wildman–Crippen MR) is 91.4 cm³/mol. The number of pyridine rings is 1. The summed E-state index contributed by atoms with van der Waals surface area (Å²) in [6.45, 7) is 2.21. The summed E-state index contributed by atoms with van der Waals surface area (Å²) in [5.74, 6) is -0.392. The zero-order valence-corrected chi connectivity index (χ0v) is 13.9. The summed E-state index contributed by atoms with van der Waals surface area (Å²) in [5.41, 5.74) is 2.74. The van der Waals surface area contributed by atoms with Crippen LogP contribution < -0.4 is 4.74 Å². The first-order chi connectivity index (χ1) is 12.0. The molecule has 0 aliphatic carbocycles. The van der Waals surface area contributed by atoms with Crippen molar-refractivity contribution in [1.82, 2.24) is 14.8 Å². The lowest BCUT2D eigenvalue weighted by atomic mass is 10.0. The van der Waals surface area contributed by atoms with Crippen LogP contribution >= 0.6 is 0 Å². The molecule has 25 heavy (non-hydrogen) atoms. The van der Waals surface area contributed by atoms with Crippen molar-refractivity contribution < 1.29 is 14.6 Å². The summed E-state index contributed by atoms with van der Waals surface area (Å²) in [5, 5.41) is 23.4. The fourth-order valence-corrected chi connectivity index (χ4v) is 2.77. The maximum Gasteiger partial charge on any atom is 0.354 e. The highest BCUT2D eigenvalue weighted by Crippen LogP contribution is 2.32. The third kappa shape index (κ3) is 3.02. The van der Waals surface area contributed by atoms with Crippen molar-refractivity contribution >= 4 is 17.0 Å². The lowest BCUT2D eigenvalue weighted by molar-refractivity contribution is 0.0691. The van der Waals surface area contributed by atoms with E-state index in [1.54, 1.807) is 17.9 Å². The number of carboxylic acid groups (broad SMARTS) is 1. The minimum absolute atomic E-state index is 0.0589. The summed E-state index contributed by atoms with van der Waals surface area (Å²) in [6.07, 6.45) is 0.271. The van der Waals surface area contributed by atoms with Gasteiger partial charge in [0.1, 0.15) is 5.75 Å². The highest BCUT2D eigenvalue weighted by atomic mass is 16.5. The molecule has 1 N–H and O–H groups in total. The molecule has 2 heterocycles. The predicted octanol–water partition coefficient (Wildman–Crippen LogP) is 3.03. The summed E-state index contributed by atoms with van der Waals surface area (Å²) in [4.78, 5) is 15.7. The van der Waals surface area contributed by atoms with Gasteiger partial charge in [0.2, 0.25) is 0 Å². The minimum atomic E-state index is -1.11. The largest absolute Gasteiger partial charge is 0.497 e. The normalized spacial score (nSPS) is 10.6. The number of carbonyl (C=O) groups is 1. The SMILES string of the molecule is COc1ccc(-c2cc(C(=O)O)nc3c2c(C)nn3CCC#N)cc1. The van der Waals surface area contributed by atoms with Gasteiger partial charge >= 0.3 is 5.97 Å². The highest BCUT2D eigenvalue weighted by Gasteiger charge is 2.18. The van der Waals surface area contributed by atoms with Gasteiger partial charge in [-0.3, -0.25) is 0 Å². The van der Waals surface area contributed by atoms with Crippen molar-refractivity contribution in [3.8, 4) is 22.9 Å². The summed E-state index contributed by atoms with van der Waals surface area (Å²) < 4.78 is 6.76. The van der Waals surface area contributed by atoms with E-state index < -0.39 is 5.97 Å². The third-order valence-electron chi connectivity index (χ3n) is 3.93. The van der Waals surface area contributed by atoms with Crippen LogP contribution in [0.2, 0.25) is 0 Å². The Labute approximate surface area is 144 Å². The van der Waals surface area contributed by atoms with Gasteiger partial charge in [-0.05, 0) is 36.2 Å². The molecule has 0 radical (unpaired) electrons. The van der Waals surface area contributed by atoms with E-state index >= 15 is 0 Å². The molecule has 7 heteroatoms. The van der Waals surface area contributed by atoms with Crippen molar-refractivity contribution in [1.29, 1.82) is 5.26 Å². The number of fused-ring (bicyclic) bond motifs is 1. The van der Waals surface area contributed by atoms with E-state index in [1.165, 1.54) is 0 Å². The number of methoxy groups -OCH3 is 1. The Morgan fingerprint density at radius 3 is 2.68 bits per heavy atom. The number of benzene rings is 1. The van der Waals surface area contributed by atoms with Crippen molar-refractivity contribution in [2.24, 2.45) is 0 Å². The van der Waals surface area contributed by atoms with Crippen molar-refractivity contribution in [2.45, 2.75) is 19.9 Å². The monoisotopic (exact) mass is 336 g/mol. The molecule has 0 bridgehead atoms. The third-order valence-corrected chi connectivity index (χ3v) is 3.93. The van der Waals surface area contributed by atoms with Gasteiger partial charge in [0, 0.05) is 5.39 Å². The van der Waals surface area contributed by atoms with Crippen molar-refractivity contribution in [3.05, 3.63) is 41.7 Å². The van der Waals surface area contributed by atoms with E-state index in [0.29, 0.717) is 17.9 Å². The molecule has 0 spiro atoms. The van der Waals surface area contributed by atoms with Crippen molar-refractivity contribution in [2.75, 3.05) is 7.11 Å². The first-order valence-electron chi connectivity index (χ1n) is 7.68. The number of nitriles is 1. The van der Waals surface area contributed by atoms with E-state index in [4.69, 9.17) is 10.00 Å². The lowest BCUT2D eigenvalue weighted by Gasteiger charge is -2.08. The van der Waals surface area contributed by atoms with Crippen LogP contribution in [0.25, 0.3) is 22.2 Å². The number of rotatable bonds is 5. The van der Waals surface area contributed by atoms with E-state index in [0.717, 1.165) is 22.2 Å². The van der Waals surface area contributed by atoms with Crippen LogP contribution in [-0.2, 0) is 6.54 Å². The first-order valence-corrected chi connectivity index (χ1v) is 7.68.